The van der Waals surface area contributed by atoms with Gasteiger partial charge in [0.05, 0.1) is 11.7 Å². The minimum Gasteiger partial charge on any atom is -0.334 e. The van der Waals surface area contributed by atoms with Crippen LogP contribution < -0.4 is 0 Å². The van der Waals surface area contributed by atoms with E-state index in [1.54, 1.807) is 0 Å². The molecule has 1 amide bonds. The standard InChI is InChI=1S/C17H25N3O/c1-19(2)12-14-7-8-15(18-11-14)16-4-3-9-20(16)17(21)10-13-5-6-13/h7-8,11,13,16H,3-6,9-10,12H2,1-2H3/t16-/m0/s1. The van der Waals surface area contributed by atoms with Crippen LogP contribution in [0, 0.1) is 5.92 Å². The van der Waals surface area contributed by atoms with E-state index in [1.165, 1.54) is 18.4 Å². The van der Waals surface area contributed by atoms with Crippen molar-refractivity contribution in [1.29, 1.82) is 0 Å². The summed E-state index contributed by atoms with van der Waals surface area (Å²) in [6.07, 6.45) is 7.33. The zero-order chi connectivity index (χ0) is 14.8. The van der Waals surface area contributed by atoms with Gasteiger partial charge in [0.1, 0.15) is 0 Å². The third-order valence-electron chi connectivity index (χ3n) is 4.42. The van der Waals surface area contributed by atoms with Crippen molar-refractivity contribution in [3.05, 3.63) is 29.6 Å². The van der Waals surface area contributed by atoms with Crippen LogP contribution in [0.3, 0.4) is 0 Å². The smallest absolute Gasteiger partial charge is 0.223 e. The summed E-state index contributed by atoms with van der Waals surface area (Å²) >= 11 is 0. The lowest BCUT2D eigenvalue weighted by Gasteiger charge is -2.24. The highest BCUT2D eigenvalue weighted by Gasteiger charge is 2.34. The normalized spacial score (nSPS) is 22.0. The molecule has 1 aliphatic carbocycles. The number of carbonyl (C=O) groups is 1. The summed E-state index contributed by atoms with van der Waals surface area (Å²) in [5.74, 6) is 0.994. The van der Waals surface area contributed by atoms with Gasteiger partial charge in [-0.05, 0) is 57.3 Å². The Balaban J connectivity index is 1.67. The minimum atomic E-state index is 0.199. The van der Waals surface area contributed by atoms with Gasteiger partial charge in [0.2, 0.25) is 5.91 Å². The lowest BCUT2D eigenvalue weighted by molar-refractivity contribution is -0.132. The van der Waals surface area contributed by atoms with E-state index in [-0.39, 0.29) is 6.04 Å². The van der Waals surface area contributed by atoms with Crippen LogP contribution in [0.25, 0.3) is 0 Å². The second kappa shape index (κ2) is 6.14. The highest BCUT2D eigenvalue weighted by Crippen LogP contribution is 2.36. The zero-order valence-corrected chi connectivity index (χ0v) is 13.1. The fourth-order valence-corrected chi connectivity index (χ4v) is 3.15. The molecule has 3 rings (SSSR count). The molecule has 2 aliphatic rings. The molecular weight excluding hydrogens is 262 g/mol. The molecule has 1 aromatic heterocycles. The lowest BCUT2D eigenvalue weighted by Crippen LogP contribution is -2.31. The molecule has 21 heavy (non-hydrogen) atoms. The Morgan fingerprint density at radius 3 is 2.76 bits per heavy atom. The number of amides is 1. The molecule has 2 fully saturated rings. The molecule has 0 spiro atoms. The van der Waals surface area contributed by atoms with Crippen LogP contribution in [-0.2, 0) is 11.3 Å². The molecule has 1 aromatic rings. The summed E-state index contributed by atoms with van der Waals surface area (Å²) in [5.41, 5.74) is 2.27. The van der Waals surface area contributed by atoms with Crippen molar-refractivity contribution < 1.29 is 4.79 Å². The molecule has 1 atom stereocenters. The summed E-state index contributed by atoms with van der Waals surface area (Å²) in [6, 6.07) is 4.45. The van der Waals surface area contributed by atoms with Gasteiger partial charge in [0, 0.05) is 25.7 Å². The second-order valence-electron chi connectivity index (χ2n) is 6.72. The number of rotatable bonds is 5. The summed E-state index contributed by atoms with van der Waals surface area (Å²) in [5, 5.41) is 0. The number of aromatic nitrogens is 1. The van der Waals surface area contributed by atoms with Crippen molar-refractivity contribution in [2.24, 2.45) is 5.92 Å². The highest BCUT2D eigenvalue weighted by atomic mass is 16.2. The van der Waals surface area contributed by atoms with Crippen LogP contribution in [0.1, 0.15) is 49.4 Å². The molecule has 0 radical (unpaired) electrons. The van der Waals surface area contributed by atoms with Crippen LogP contribution in [0.15, 0.2) is 18.3 Å². The maximum Gasteiger partial charge on any atom is 0.223 e. The molecule has 4 nitrogen and oxygen atoms in total. The fraction of sp³-hybridized carbons (Fsp3) is 0.647. The Morgan fingerprint density at radius 2 is 2.14 bits per heavy atom. The SMILES string of the molecule is CN(C)Cc1ccc([C@@H]2CCCN2C(=O)CC2CC2)nc1. The van der Waals surface area contributed by atoms with Gasteiger partial charge in [0.25, 0.3) is 0 Å². The van der Waals surface area contributed by atoms with Gasteiger partial charge in [-0.3, -0.25) is 9.78 Å². The van der Waals surface area contributed by atoms with Crippen molar-refractivity contribution >= 4 is 5.91 Å². The average Bonchev–Trinajstić information content (AvgIpc) is 3.12. The average molecular weight is 287 g/mol. The van der Waals surface area contributed by atoms with Crippen molar-refractivity contribution in [2.75, 3.05) is 20.6 Å². The summed E-state index contributed by atoms with van der Waals surface area (Å²) in [4.78, 5) is 21.2. The predicted octanol–water partition coefficient (Wildman–Crippen LogP) is 2.61. The Morgan fingerprint density at radius 1 is 1.33 bits per heavy atom. The topological polar surface area (TPSA) is 36.4 Å². The third kappa shape index (κ3) is 3.62. The van der Waals surface area contributed by atoms with E-state index in [0.717, 1.165) is 38.0 Å². The van der Waals surface area contributed by atoms with Crippen LogP contribution in [0.5, 0.6) is 0 Å². The third-order valence-corrected chi connectivity index (χ3v) is 4.42. The number of nitrogens with zero attached hydrogens (tertiary/aromatic N) is 3. The molecule has 1 saturated heterocycles. The van der Waals surface area contributed by atoms with Gasteiger partial charge in [-0.2, -0.15) is 0 Å². The number of pyridine rings is 1. The monoisotopic (exact) mass is 287 g/mol. The number of carbonyl (C=O) groups excluding carboxylic acids is 1. The summed E-state index contributed by atoms with van der Waals surface area (Å²) < 4.78 is 0. The Labute approximate surface area is 127 Å². The van der Waals surface area contributed by atoms with E-state index in [2.05, 4.69) is 41.0 Å². The van der Waals surface area contributed by atoms with Crippen molar-refractivity contribution in [3.63, 3.8) is 0 Å². The predicted molar refractivity (Wildman–Crippen MR) is 82.7 cm³/mol. The van der Waals surface area contributed by atoms with Crippen LogP contribution in [0.2, 0.25) is 0 Å². The lowest BCUT2D eigenvalue weighted by atomic mass is 10.1. The Hall–Kier alpha value is -1.42. The van der Waals surface area contributed by atoms with Gasteiger partial charge in [-0.1, -0.05) is 6.07 Å². The first-order valence-corrected chi connectivity index (χ1v) is 8.02. The van der Waals surface area contributed by atoms with Crippen molar-refractivity contribution in [3.8, 4) is 0 Å². The van der Waals surface area contributed by atoms with Gasteiger partial charge < -0.3 is 9.80 Å². The molecule has 1 saturated carbocycles. The second-order valence-corrected chi connectivity index (χ2v) is 6.72. The maximum atomic E-state index is 12.4. The van der Waals surface area contributed by atoms with E-state index in [0.29, 0.717) is 11.8 Å². The van der Waals surface area contributed by atoms with Crippen molar-refractivity contribution in [1.82, 2.24) is 14.8 Å². The highest BCUT2D eigenvalue weighted by molar-refractivity contribution is 5.77. The number of hydrogen-bond acceptors (Lipinski definition) is 3. The van der Waals surface area contributed by atoms with Gasteiger partial charge in [0.15, 0.2) is 0 Å². The fourth-order valence-electron chi connectivity index (χ4n) is 3.15. The first-order valence-electron chi connectivity index (χ1n) is 8.02. The molecule has 0 aromatic carbocycles. The molecule has 0 bridgehead atoms. The van der Waals surface area contributed by atoms with E-state index >= 15 is 0 Å². The molecule has 0 unspecified atom stereocenters. The number of likely N-dealkylation sites (tertiary alicyclic amines) is 1. The van der Waals surface area contributed by atoms with Gasteiger partial charge >= 0.3 is 0 Å². The van der Waals surface area contributed by atoms with Gasteiger partial charge in [-0.15, -0.1) is 0 Å². The van der Waals surface area contributed by atoms with E-state index < -0.39 is 0 Å². The minimum absolute atomic E-state index is 0.199. The molecule has 2 heterocycles. The molecular formula is C17H25N3O. The van der Waals surface area contributed by atoms with Crippen molar-refractivity contribution in [2.45, 2.75) is 44.7 Å². The van der Waals surface area contributed by atoms with Crippen LogP contribution in [-0.4, -0.2) is 41.3 Å². The molecule has 114 valence electrons. The van der Waals surface area contributed by atoms with Crippen LogP contribution >= 0.6 is 0 Å². The van der Waals surface area contributed by atoms with E-state index in [9.17, 15) is 4.79 Å². The number of hydrogen-bond donors (Lipinski definition) is 0. The first kappa shape index (κ1) is 14.5. The summed E-state index contributed by atoms with van der Waals surface area (Å²) in [7, 11) is 4.12. The van der Waals surface area contributed by atoms with Gasteiger partial charge in [-0.25, -0.2) is 0 Å². The largest absolute Gasteiger partial charge is 0.334 e. The zero-order valence-electron chi connectivity index (χ0n) is 13.1. The molecule has 1 aliphatic heterocycles. The van der Waals surface area contributed by atoms with E-state index in [4.69, 9.17) is 0 Å². The van der Waals surface area contributed by atoms with E-state index in [1.807, 2.05) is 6.20 Å². The quantitative estimate of drug-likeness (QED) is 0.835. The Kier molecular flexibility index (Phi) is 4.24. The Bertz CT molecular complexity index is 493. The molecule has 4 heteroatoms. The maximum absolute atomic E-state index is 12.4. The molecule has 0 N–H and O–H groups in total. The first-order chi connectivity index (χ1) is 10.1. The van der Waals surface area contributed by atoms with Crippen LogP contribution in [0.4, 0.5) is 0 Å². The summed E-state index contributed by atoms with van der Waals surface area (Å²) in [6.45, 7) is 1.81.